The Balaban J connectivity index is 2.16. The molecule has 1 aromatic rings. The molecule has 1 saturated carbocycles. The highest BCUT2D eigenvalue weighted by Crippen LogP contribution is 2.34. The van der Waals surface area contributed by atoms with Gasteiger partial charge in [-0.25, -0.2) is 4.98 Å². The average Bonchev–Trinajstić information content (AvgIpc) is 2.34. The van der Waals surface area contributed by atoms with E-state index in [1.54, 1.807) is 0 Å². The number of nitrogens with zero attached hydrogens (tertiary/aromatic N) is 3. The van der Waals surface area contributed by atoms with E-state index in [1.165, 1.54) is 6.42 Å². The molecule has 2 N–H and O–H groups in total. The van der Waals surface area contributed by atoms with Crippen LogP contribution < -0.4 is 5.32 Å². The van der Waals surface area contributed by atoms with E-state index in [1.807, 2.05) is 13.8 Å². The quantitative estimate of drug-likeness (QED) is 0.856. The van der Waals surface area contributed by atoms with Gasteiger partial charge in [-0.3, -0.25) is 0 Å². The Kier molecular flexibility index (Phi) is 3.80. The van der Waals surface area contributed by atoms with Gasteiger partial charge in [0.1, 0.15) is 0 Å². The van der Waals surface area contributed by atoms with E-state index in [-0.39, 0.29) is 12.1 Å². The number of hydrogen-bond acceptors (Lipinski definition) is 5. The second-order valence-electron chi connectivity index (χ2n) is 5.57. The van der Waals surface area contributed by atoms with Gasteiger partial charge in [-0.1, -0.05) is 19.8 Å². The molecule has 0 bridgehead atoms. The first kappa shape index (κ1) is 13.2. The van der Waals surface area contributed by atoms with Gasteiger partial charge in [0.25, 0.3) is 0 Å². The molecule has 5 heteroatoms. The number of hydrogen-bond donors (Lipinski definition) is 2. The number of aryl methyl sites for hydroxylation is 2. The van der Waals surface area contributed by atoms with Crippen molar-refractivity contribution in [2.24, 2.45) is 5.92 Å². The maximum Gasteiger partial charge on any atom is 0.243 e. The minimum absolute atomic E-state index is 0.119. The van der Waals surface area contributed by atoms with Gasteiger partial charge in [-0.2, -0.15) is 5.10 Å². The number of anilines is 1. The first-order valence-corrected chi connectivity index (χ1v) is 6.62. The molecule has 0 saturated heterocycles. The molecule has 2 rings (SSSR count). The molecule has 0 spiro atoms. The van der Waals surface area contributed by atoms with Gasteiger partial charge in [0.15, 0.2) is 0 Å². The maximum atomic E-state index is 9.71. The largest absolute Gasteiger partial charge is 0.394 e. The summed E-state index contributed by atoms with van der Waals surface area (Å²) in [6.07, 6.45) is 4.28. The van der Waals surface area contributed by atoms with Gasteiger partial charge in [-0.15, -0.1) is 5.10 Å². The van der Waals surface area contributed by atoms with Crippen molar-refractivity contribution in [2.75, 3.05) is 11.9 Å². The van der Waals surface area contributed by atoms with Crippen LogP contribution >= 0.6 is 0 Å². The van der Waals surface area contributed by atoms with Crippen LogP contribution in [-0.4, -0.2) is 32.4 Å². The van der Waals surface area contributed by atoms with Crippen molar-refractivity contribution < 1.29 is 5.11 Å². The molecule has 0 aliphatic heterocycles. The normalized spacial score (nSPS) is 28.1. The Labute approximate surface area is 108 Å². The second kappa shape index (κ2) is 5.18. The summed E-state index contributed by atoms with van der Waals surface area (Å²) < 4.78 is 0. The van der Waals surface area contributed by atoms with Crippen molar-refractivity contribution in [1.29, 1.82) is 0 Å². The van der Waals surface area contributed by atoms with Crippen LogP contribution in [0.4, 0.5) is 5.95 Å². The molecule has 1 aliphatic rings. The number of aliphatic hydroxyl groups excluding tert-OH is 1. The van der Waals surface area contributed by atoms with E-state index in [0.29, 0.717) is 11.9 Å². The molecule has 2 unspecified atom stereocenters. The van der Waals surface area contributed by atoms with Crippen LogP contribution in [0.3, 0.4) is 0 Å². The summed E-state index contributed by atoms with van der Waals surface area (Å²) in [7, 11) is 0. The van der Waals surface area contributed by atoms with Crippen LogP contribution in [0, 0.1) is 19.8 Å². The van der Waals surface area contributed by atoms with Crippen molar-refractivity contribution in [3.63, 3.8) is 0 Å². The van der Waals surface area contributed by atoms with Crippen molar-refractivity contribution >= 4 is 5.95 Å². The Morgan fingerprint density at radius 3 is 2.72 bits per heavy atom. The van der Waals surface area contributed by atoms with Crippen molar-refractivity contribution in [3.8, 4) is 0 Å². The van der Waals surface area contributed by atoms with E-state index in [2.05, 4.69) is 27.4 Å². The maximum absolute atomic E-state index is 9.71. The van der Waals surface area contributed by atoms with Gasteiger partial charge in [-0.05, 0) is 32.6 Å². The molecule has 1 aromatic heterocycles. The minimum atomic E-state index is -0.277. The van der Waals surface area contributed by atoms with Gasteiger partial charge in [0.05, 0.1) is 23.5 Å². The molecule has 18 heavy (non-hydrogen) atoms. The highest BCUT2D eigenvalue weighted by atomic mass is 16.3. The fourth-order valence-electron chi connectivity index (χ4n) is 2.70. The number of rotatable bonds is 3. The van der Waals surface area contributed by atoms with Crippen molar-refractivity contribution in [3.05, 3.63) is 11.4 Å². The highest BCUT2D eigenvalue weighted by Gasteiger charge is 2.35. The lowest BCUT2D eigenvalue weighted by Gasteiger charge is -2.39. The van der Waals surface area contributed by atoms with Crippen LogP contribution in [0.5, 0.6) is 0 Å². The summed E-state index contributed by atoms with van der Waals surface area (Å²) >= 11 is 0. The van der Waals surface area contributed by atoms with Gasteiger partial charge >= 0.3 is 0 Å². The van der Waals surface area contributed by atoms with Crippen LogP contribution in [-0.2, 0) is 0 Å². The Hall–Kier alpha value is -1.23. The van der Waals surface area contributed by atoms with E-state index in [9.17, 15) is 5.11 Å². The first-order valence-electron chi connectivity index (χ1n) is 6.62. The third-order valence-electron chi connectivity index (χ3n) is 3.86. The van der Waals surface area contributed by atoms with Gasteiger partial charge in [0, 0.05) is 0 Å². The predicted molar refractivity (Wildman–Crippen MR) is 70.4 cm³/mol. The lowest BCUT2D eigenvalue weighted by Crippen LogP contribution is -2.46. The van der Waals surface area contributed by atoms with Gasteiger partial charge in [0.2, 0.25) is 5.95 Å². The molecular weight excluding hydrogens is 228 g/mol. The van der Waals surface area contributed by atoms with Crippen molar-refractivity contribution in [2.45, 2.75) is 52.0 Å². The zero-order chi connectivity index (χ0) is 13.2. The summed E-state index contributed by atoms with van der Waals surface area (Å²) in [6.45, 7) is 6.16. The Morgan fingerprint density at radius 1 is 1.33 bits per heavy atom. The zero-order valence-corrected chi connectivity index (χ0v) is 11.4. The summed E-state index contributed by atoms with van der Waals surface area (Å²) in [6, 6.07) is 0. The summed E-state index contributed by atoms with van der Waals surface area (Å²) in [5.74, 6) is 1.15. The number of nitrogens with one attached hydrogen (secondary N) is 1. The summed E-state index contributed by atoms with van der Waals surface area (Å²) in [4.78, 5) is 4.39. The second-order valence-corrected chi connectivity index (χ2v) is 5.57. The molecule has 100 valence electrons. The number of aromatic nitrogens is 3. The van der Waals surface area contributed by atoms with Crippen LogP contribution in [0.2, 0.25) is 0 Å². The topological polar surface area (TPSA) is 70.9 Å². The summed E-state index contributed by atoms with van der Waals surface area (Å²) in [5, 5.41) is 21.2. The fraction of sp³-hybridized carbons (Fsp3) is 0.769. The molecule has 1 heterocycles. The molecular formula is C13H22N4O. The Bertz CT molecular complexity index is 423. The molecule has 0 amide bonds. The lowest BCUT2D eigenvalue weighted by atomic mass is 9.77. The first-order chi connectivity index (χ1) is 8.54. The SMILES string of the molecule is Cc1nnc(NC2(CO)CCCC(C)C2)nc1C. The van der Waals surface area contributed by atoms with Gasteiger partial charge < -0.3 is 10.4 Å². The van der Waals surface area contributed by atoms with Crippen LogP contribution in [0.15, 0.2) is 0 Å². The average molecular weight is 250 g/mol. The predicted octanol–water partition coefficient (Wildman–Crippen LogP) is 1.84. The third-order valence-corrected chi connectivity index (χ3v) is 3.86. The van der Waals surface area contributed by atoms with E-state index < -0.39 is 0 Å². The molecule has 0 aromatic carbocycles. The van der Waals surface area contributed by atoms with E-state index >= 15 is 0 Å². The van der Waals surface area contributed by atoms with Crippen LogP contribution in [0.25, 0.3) is 0 Å². The molecule has 1 fully saturated rings. The van der Waals surface area contributed by atoms with E-state index in [4.69, 9.17) is 0 Å². The number of aliphatic hydroxyl groups is 1. The Morgan fingerprint density at radius 2 is 2.11 bits per heavy atom. The van der Waals surface area contributed by atoms with Crippen LogP contribution in [0.1, 0.15) is 44.0 Å². The van der Waals surface area contributed by atoms with Crippen molar-refractivity contribution in [1.82, 2.24) is 15.2 Å². The lowest BCUT2D eigenvalue weighted by molar-refractivity contribution is 0.149. The molecule has 5 nitrogen and oxygen atoms in total. The smallest absolute Gasteiger partial charge is 0.243 e. The standard InChI is InChI=1S/C13H22N4O/c1-9-5-4-6-13(7-9,8-18)15-12-14-10(2)11(3)16-17-12/h9,18H,4-8H2,1-3H3,(H,14,15,17). The fourth-order valence-corrected chi connectivity index (χ4v) is 2.70. The summed E-state index contributed by atoms with van der Waals surface area (Å²) in [5.41, 5.74) is 1.45. The zero-order valence-electron chi connectivity index (χ0n) is 11.4. The van der Waals surface area contributed by atoms with E-state index in [0.717, 1.165) is 30.7 Å². The molecule has 1 aliphatic carbocycles. The molecule has 0 radical (unpaired) electrons. The highest BCUT2D eigenvalue weighted by molar-refractivity contribution is 5.30. The minimum Gasteiger partial charge on any atom is -0.394 e. The monoisotopic (exact) mass is 250 g/mol. The third kappa shape index (κ3) is 2.77. The molecule has 2 atom stereocenters.